The van der Waals surface area contributed by atoms with Crippen LogP contribution in [0.25, 0.3) is 0 Å². The highest BCUT2D eigenvalue weighted by Gasteiger charge is 2.31. The molecule has 6 nitrogen and oxygen atoms in total. The number of hydrogen-bond acceptors (Lipinski definition) is 4. The van der Waals surface area contributed by atoms with Gasteiger partial charge in [-0.2, -0.15) is 0 Å². The van der Waals surface area contributed by atoms with Crippen molar-refractivity contribution in [3.63, 3.8) is 0 Å². The van der Waals surface area contributed by atoms with Crippen molar-refractivity contribution in [3.8, 4) is 5.75 Å². The zero-order valence-electron chi connectivity index (χ0n) is 13.1. The summed E-state index contributed by atoms with van der Waals surface area (Å²) in [5, 5.41) is 2.61. The fraction of sp³-hybridized carbons (Fsp3) is 0.133. The predicted octanol–water partition coefficient (Wildman–Crippen LogP) is 4.00. The standard InChI is InChI=1S/C15H12ClF3N2O4S/c1-9(22)20-14-7-10(5-6-13(14)16)21-26(23,24)12-4-2-3-11(8-12)25-15(17,18)19/h2-8,21H,1H3,(H,20,22). The maximum absolute atomic E-state index is 12.4. The Balaban J connectivity index is 2.29. The van der Waals surface area contributed by atoms with Crippen molar-refractivity contribution in [2.45, 2.75) is 18.2 Å². The number of ether oxygens (including phenoxy) is 1. The zero-order valence-corrected chi connectivity index (χ0v) is 14.7. The van der Waals surface area contributed by atoms with Gasteiger partial charge in [-0.3, -0.25) is 9.52 Å². The van der Waals surface area contributed by atoms with Gasteiger partial charge in [0, 0.05) is 13.0 Å². The average Bonchev–Trinajstić information content (AvgIpc) is 2.48. The minimum Gasteiger partial charge on any atom is -0.406 e. The lowest BCUT2D eigenvalue weighted by atomic mass is 10.3. The van der Waals surface area contributed by atoms with E-state index in [2.05, 4.69) is 14.8 Å². The van der Waals surface area contributed by atoms with Crippen molar-refractivity contribution in [1.82, 2.24) is 0 Å². The molecule has 0 saturated carbocycles. The molecule has 2 rings (SSSR count). The third kappa shape index (κ3) is 5.53. The molecule has 0 heterocycles. The quantitative estimate of drug-likeness (QED) is 0.783. The summed E-state index contributed by atoms with van der Waals surface area (Å²) in [6.07, 6.45) is -4.95. The third-order valence-electron chi connectivity index (χ3n) is 2.88. The number of anilines is 2. The molecule has 0 aliphatic carbocycles. The van der Waals surface area contributed by atoms with Gasteiger partial charge in [0.1, 0.15) is 5.75 Å². The molecular formula is C15H12ClF3N2O4S. The van der Waals surface area contributed by atoms with Gasteiger partial charge in [0.2, 0.25) is 5.91 Å². The van der Waals surface area contributed by atoms with E-state index in [1.165, 1.54) is 25.1 Å². The van der Waals surface area contributed by atoms with E-state index >= 15 is 0 Å². The van der Waals surface area contributed by atoms with E-state index in [-0.39, 0.29) is 16.4 Å². The zero-order chi connectivity index (χ0) is 19.5. The molecule has 0 unspecified atom stereocenters. The smallest absolute Gasteiger partial charge is 0.406 e. The normalized spacial score (nSPS) is 11.7. The average molecular weight is 409 g/mol. The lowest BCUT2D eigenvalue weighted by molar-refractivity contribution is -0.274. The Morgan fingerprint density at radius 1 is 1.15 bits per heavy atom. The SMILES string of the molecule is CC(=O)Nc1cc(NS(=O)(=O)c2cccc(OC(F)(F)F)c2)ccc1Cl. The molecule has 0 fully saturated rings. The van der Waals surface area contributed by atoms with Gasteiger partial charge in [-0.1, -0.05) is 17.7 Å². The summed E-state index contributed by atoms with van der Waals surface area (Å²) in [4.78, 5) is 10.7. The number of halogens is 4. The molecule has 11 heteroatoms. The van der Waals surface area contributed by atoms with E-state index in [1.54, 1.807) is 0 Å². The first-order valence-electron chi connectivity index (χ1n) is 6.92. The number of alkyl halides is 3. The molecular weight excluding hydrogens is 397 g/mol. The molecule has 140 valence electrons. The van der Waals surface area contributed by atoms with Crippen LogP contribution in [0.1, 0.15) is 6.92 Å². The maximum atomic E-state index is 12.4. The Hall–Kier alpha value is -2.46. The molecule has 0 spiro atoms. The van der Waals surface area contributed by atoms with Crippen LogP contribution in [0.15, 0.2) is 47.4 Å². The van der Waals surface area contributed by atoms with Crippen molar-refractivity contribution < 1.29 is 31.1 Å². The van der Waals surface area contributed by atoms with Crippen molar-refractivity contribution in [2.24, 2.45) is 0 Å². The molecule has 0 aliphatic heterocycles. The summed E-state index contributed by atoms with van der Waals surface area (Å²) in [5.41, 5.74) is 0.230. The van der Waals surface area contributed by atoms with Crippen LogP contribution in [-0.4, -0.2) is 20.7 Å². The van der Waals surface area contributed by atoms with Crippen LogP contribution in [-0.2, 0) is 14.8 Å². The van der Waals surface area contributed by atoms with Crippen LogP contribution in [0.2, 0.25) is 5.02 Å². The van der Waals surface area contributed by atoms with E-state index in [4.69, 9.17) is 11.6 Å². The van der Waals surface area contributed by atoms with Crippen LogP contribution in [0.3, 0.4) is 0 Å². The first-order chi connectivity index (χ1) is 12.0. The Kier molecular flexibility index (Phi) is 5.67. The minimum absolute atomic E-state index is 0.0558. The van der Waals surface area contributed by atoms with Crippen LogP contribution in [0.5, 0.6) is 5.75 Å². The van der Waals surface area contributed by atoms with Crippen LogP contribution in [0, 0.1) is 0 Å². The van der Waals surface area contributed by atoms with E-state index in [9.17, 15) is 26.4 Å². The van der Waals surface area contributed by atoms with Crippen LogP contribution in [0.4, 0.5) is 24.5 Å². The van der Waals surface area contributed by atoms with E-state index in [0.717, 1.165) is 24.3 Å². The number of carbonyl (C=O) groups excluding carboxylic acids is 1. The minimum atomic E-state index is -4.95. The van der Waals surface area contributed by atoms with E-state index in [0.29, 0.717) is 0 Å². The second kappa shape index (κ2) is 7.42. The Morgan fingerprint density at radius 3 is 2.46 bits per heavy atom. The molecule has 2 aromatic rings. The van der Waals surface area contributed by atoms with Crippen LogP contribution >= 0.6 is 11.6 Å². The molecule has 26 heavy (non-hydrogen) atoms. The number of carbonyl (C=O) groups is 1. The number of hydrogen-bond donors (Lipinski definition) is 2. The van der Waals surface area contributed by atoms with Gasteiger partial charge < -0.3 is 10.1 Å². The monoisotopic (exact) mass is 408 g/mol. The first kappa shape index (κ1) is 19.9. The Bertz CT molecular complexity index is 933. The van der Waals surface area contributed by atoms with Crippen molar-refractivity contribution in [3.05, 3.63) is 47.5 Å². The molecule has 0 aromatic heterocycles. The first-order valence-corrected chi connectivity index (χ1v) is 8.78. The molecule has 0 atom stereocenters. The molecule has 2 N–H and O–H groups in total. The second-order valence-corrected chi connectivity index (χ2v) is 7.09. The highest BCUT2D eigenvalue weighted by molar-refractivity contribution is 7.92. The number of nitrogens with one attached hydrogen (secondary N) is 2. The van der Waals surface area contributed by atoms with Gasteiger partial charge in [-0.25, -0.2) is 8.42 Å². The van der Waals surface area contributed by atoms with Gasteiger partial charge in [-0.05, 0) is 30.3 Å². The third-order valence-corrected chi connectivity index (χ3v) is 4.59. The molecule has 1 amide bonds. The van der Waals surface area contributed by atoms with Crippen molar-refractivity contribution in [1.29, 1.82) is 0 Å². The maximum Gasteiger partial charge on any atom is 0.573 e. The lowest BCUT2D eigenvalue weighted by Crippen LogP contribution is -2.18. The van der Waals surface area contributed by atoms with Gasteiger partial charge in [-0.15, -0.1) is 13.2 Å². The van der Waals surface area contributed by atoms with E-state index < -0.39 is 32.9 Å². The largest absolute Gasteiger partial charge is 0.573 e. The highest BCUT2D eigenvalue weighted by atomic mass is 35.5. The fourth-order valence-electron chi connectivity index (χ4n) is 1.93. The summed E-state index contributed by atoms with van der Waals surface area (Å²) < 4.78 is 67.4. The molecule has 0 aliphatic rings. The topological polar surface area (TPSA) is 84.5 Å². The summed E-state index contributed by atoms with van der Waals surface area (Å²) >= 11 is 5.90. The van der Waals surface area contributed by atoms with Gasteiger partial charge in [0.05, 0.1) is 21.3 Å². The van der Waals surface area contributed by atoms with E-state index in [1.807, 2.05) is 0 Å². The molecule has 0 radical (unpaired) electrons. The molecule has 0 saturated heterocycles. The summed E-state index contributed by atoms with van der Waals surface area (Å²) in [5.74, 6) is -1.08. The predicted molar refractivity (Wildman–Crippen MR) is 89.7 cm³/mol. The number of benzene rings is 2. The molecule has 0 bridgehead atoms. The van der Waals surface area contributed by atoms with Gasteiger partial charge >= 0.3 is 6.36 Å². The number of sulfonamides is 1. The van der Waals surface area contributed by atoms with Gasteiger partial charge in [0.15, 0.2) is 0 Å². The van der Waals surface area contributed by atoms with Crippen LogP contribution < -0.4 is 14.8 Å². The lowest BCUT2D eigenvalue weighted by Gasteiger charge is -2.13. The van der Waals surface area contributed by atoms with Crippen molar-refractivity contribution >= 4 is 38.9 Å². The Labute approximate surface area is 152 Å². The summed E-state index contributed by atoms with van der Waals surface area (Å²) in [6, 6.07) is 7.90. The summed E-state index contributed by atoms with van der Waals surface area (Å²) in [6.45, 7) is 1.25. The fourth-order valence-corrected chi connectivity index (χ4v) is 3.18. The Morgan fingerprint density at radius 2 is 1.85 bits per heavy atom. The highest BCUT2D eigenvalue weighted by Crippen LogP contribution is 2.29. The molecule has 2 aromatic carbocycles. The van der Waals surface area contributed by atoms with Crippen molar-refractivity contribution in [2.75, 3.05) is 10.0 Å². The summed E-state index contributed by atoms with van der Waals surface area (Å²) in [7, 11) is -4.20. The number of amides is 1. The second-order valence-electron chi connectivity index (χ2n) is 5.00. The number of rotatable bonds is 5. The van der Waals surface area contributed by atoms with Gasteiger partial charge in [0.25, 0.3) is 10.0 Å².